The number of hydrogen-bond donors (Lipinski definition) is 1. The predicted molar refractivity (Wildman–Crippen MR) is 121 cm³/mol. The van der Waals surface area contributed by atoms with Gasteiger partial charge >= 0.3 is 0 Å². The van der Waals surface area contributed by atoms with Gasteiger partial charge in [-0.2, -0.15) is 9.50 Å². The highest BCUT2D eigenvalue weighted by molar-refractivity contribution is 5.90. The normalized spacial score (nSPS) is 10.9. The van der Waals surface area contributed by atoms with Crippen molar-refractivity contribution >= 4 is 17.4 Å². The van der Waals surface area contributed by atoms with E-state index in [2.05, 4.69) is 22.0 Å². The second-order valence-corrected chi connectivity index (χ2v) is 7.31. The Morgan fingerprint density at radius 1 is 1.16 bits per heavy atom. The third-order valence-electron chi connectivity index (χ3n) is 5.22. The van der Waals surface area contributed by atoms with Crippen molar-refractivity contribution in [3.63, 3.8) is 0 Å². The van der Waals surface area contributed by atoms with Crippen LogP contribution >= 0.6 is 0 Å². The molecule has 0 atom stereocenters. The molecule has 0 aliphatic carbocycles. The molecule has 0 aliphatic rings. The van der Waals surface area contributed by atoms with Gasteiger partial charge < -0.3 is 9.88 Å². The molecule has 0 fully saturated rings. The van der Waals surface area contributed by atoms with Gasteiger partial charge in [-0.15, -0.1) is 11.7 Å². The summed E-state index contributed by atoms with van der Waals surface area (Å²) >= 11 is 0. The van der Waals surface area contributed by atoms with Gasteiger partial charge in [0.05, 0.1) is 5.69 Å². The molecule has 4 aromatic rings. The fourth-order valence-corrected chi connectivity index (χ4v) is 3.57. The number of amides is 1. The number of para-hydroxylation sites is 1. The average Bonchev–Trinajstić information content (AvgIpc) is 3.24. The molecule has 1 amide bonds. The molecule has 32 heavy (non-hydrogen) atoms. The van der Waals surface area contributed by atoms with Crippen molar-refractivity contribution in [2.45, 2.75) is 26.3 Å². The first-order chi connectivity index (χ1) is 15.5. The first-order valence-corrected chi connectivity index (χ1v) is 10.2. The second-order valence-electron chi connectivity index (χ2n) is 7.31. The SMILES string of the molecule is C=CCn1c(C)c(CCC(=O)Nc2ccccc2F)c(=O)n2nc(-c3ccccc3)nc12. The van der Waals surface area contributed by atoms with E-state index in [0.717, 1.165) is 5.56 Å². The number of carbonyl (C=O) groups is 1. The van der Waals surface area contributed by atoms with Crippen molar-refractivity contribution in [1.29, 1.82) is 0 Å². The zero-order chi connectivity index (χ0) is 22.7. The molecule has 4 rings (SSSR count). The monoisotopic (exact) mass is 431 g/mol. The molecule has 162 valence electrons. The van der Waals surface area contributed by atoms with Crippen LogP contribution in [0.4, 0.5) is 10.1 Å². The fraction of sp³-hybridized carbons (Fsp3) is 0.167. The number of hydrogen-bond acceptors (Lipinski definition) is 4. The third-order valence-corrected chi connectivity index (χ3v) is 5.22. The summed E-state index contributed by atoms with van der Waals surface area (Å²) in [6.45, 7) is 6.03. The van der Waals surface area contributed by atoms with E-state index in [4.69, 9.17) is 0 Å². The Morgan fingerprint density at radius 2 is 1.88 bits per heavy atom. The van der Waals surface area contributed by atoms with Gasteiger partial charge in [-0.05, 0) is 25.5 Å². The minimum atomic E-state index is -0.511. The van der Waals surface area contributed by atoms with Crippen molar-refractivity contribution < 1.29 is 9.18 Å². The van der Waals surface area contributed by atoms with Gasteiger partial charge in [0.2, 0.25) is 11.7 Å². The summed E-state index contributed by atoms with van der Waals surface area (Å²) in [6.07, 6.45) is 1.91. The lowest BCUT2D eigenvalue weighted by atomic mass is 10.1. The van der Waals surface area contributed by atoms with E-state index in [1.165, 1.54) is 16.6 Å². The van der Waals surface area contributed by atoms with Gasteiger partial charge in [0.25, 0.3) is 5.56 Å². The maximum absolute atomic E-state index is 13.8. The molecule has 7 nitrogen and oxygen atoms in total. The second kappa shape index (κ2) is 8.97. The van der Waals surface area contributed by atoms with E-state index in [0.29, 0.717) is 29.4 Å². The number of nitrogens with one attached hydrogen (secondary N) is 1. The van der Waals surface area contributed by atoms with Crippen molar-refractivity contribution in [2.75, 3.05) is 5.32 Å². The third kappa shape index (κ3) is 4.07. The molecule has 0 radical (unpaired) electrons. The van der Waals surface area contributed by atoms with Crippen molar-refractivity contribution in [3.8, 4) is 11.4 Å². The van der Waals surface area contributed by atoms with Crippen molar-refractivity contribution in [1.82, 2.24) is 19.2 Å². The van der Waals surface area contributed by atoms with Crippen LogP contribution in [0.15, 0.2) is 72.0 Å². The topological polar surface area (TPSA) is 81.3 Å². The molecular formula is C24H22FN5O2. The molecule has 8 heteroatoms. The number of anilines is 1. The Kier molecular flexibility index (Phi) is 5.93. The summed E-state index contributed by atoms with van der Waals surface area (Å²) in [5, 5.41) is 6.97. The minimum Gasteiger partial charge on any atom is -0.324 e. The molecule has 2 aromatic heterocycles. The Morgan fingerprint density at radius 3 is 2.59 bits per heavy atom. The first kappa shape index (κ1) is 21.2. The van der Waals surface area contributed by atoms with E-state index in [1.807, 2.05) is 41.8 Å². The van der Waals surface area contributed by atoms with Gasteiger partial charge in [-0.25, -0.2) is 4.39 Å². The summed E-state index contributed by atoms with van der Waals surface area (Å²) in [5.74, 6) is -0.0455. The number of benzene rings is 2. The first-order valence-electron chi connectivity index (χ1n) is 10.2. The lowest BCUT2D eigenvalue weighted by molar-refractivity contribution is -0.116. The standard InChI is InChI=1S/C24H22FN5O2/c1-3-15-29-16(2)18(13-14-21(31)26-20-12-8-7-11-19(20)25)23(32)30-24(29)27-22(28-30)17-9-5-4-6-10-17/h3-12H,1,13-15H2,2H3,(H,26,31). The van der Waals surface area contributed by atoms with Crippen LogP contribution in [0.3, 0.4) is 0 Å². The minimum absolute atomic E-state index is 0.0181. The quantitative estimate of drug-likeness (QED) is 0.452. The van der Waals surface area contributed by atoms with Crippen LogP contribution in [0.2, 0.25) is 0 Å². The van der Waals surface area contributed by atoms with E-state index in [9.17, 15) is 14.0 Å². The molecule has 2 aromatic carbocycles. The average molecular weight is 431 g/mol. The Balaban J connectivity index is 1.68. The fourth-order valence-electron chi connectivity index (χ4n) is 3.57. The largest absolute Gasteiger partial charge is 0.324 e. The molecule has 0 aliphatic heterocycles. The lowest BCUT2D eigenvalue weighted by Gasteiger charge is -2.14. The van der Waals surface area contributed by atoms with Gasteiger partial charge in [0, 0.05) is 29.8 Å². The van der Waals surface area contributed by atoms with Crippen LogP contribution in [0, 0.1) is 12.7 Å². The van der Waals surface area contributed by atoms with Crippen LogP contribution in [0.1, 0.15) is 17.7 Å². The lowest BCUT2D eigenvalue weighted by Crippen LogP contribution is -2.27. The van der Waals surface area contributed by atoms with Crippen LogP contribution < -0.4 is 10.9 Å². The van der Waals surface area contributed by atoms with Crippen molar-refractivity contribution in [2.24, 2.45) is 0 Å². The molecule has 0 unspecified atom stereocenters. The molecule has 0 bridgehead atoms. The van der Waals surface area contributed by atoms with E-state index >= 15 is 0 Å². The van der Waals surface area contributed by atoms with Gasteiger partial charge in [0.1, 0.15) is 5.82 Å². The highest BCUT2D eigenvalue weighted by Crippen LogP contribution is 2.18. The van der Waals surface area contributed by atoms with Crippen LogP contribution in [-0.4, -0.2) is 25.1 Å². The van der Waals surface area contributed by atoms with Gasteiger partial charge in [-0.3, -0.25) is 9.59 Å². The van der Waals surface area contributed by atoms with Crippen LogP contribution in [-0.2, 0) is 17.8 Å². The Bertz CT molecular complexity index is 1360. The van der Waals surface area contributed by atoms with Crippen LogP contribution in [0.5, 0.6) is 0 Å². The summed E-state index contributed by atoms with van der Waals surface area (Å²) in [6, 6.07) is 15.3. The van der Waals surface area contributed by atoms with E-state index in [1.54, 1.807) is 18.2 Å². The van der Waals surface area contributed by atoms with E-state index < -0.39 is 5.82 Å². The number of allylic oxidation sites excluding steroid dienone is 1. The maximum atomic E-state index is 13.8. The maximum Gasteiger partial charge on any atom is 0.279 e. The number of rotatable bonds is 7. The highest BCUT2D eigenvalue weighted by atomic mass is 19.1. The molecule has 0 saturated carbocycles. The summed E-state index contributed by atoms with van der Waals surface area (Å²) in [5.41, 5.74) is 1.72. The number of carbonyl (C=O) groups excluding carboxylic acids is 1. The molecule has 2 heterocycles. The zero-order valence-corrected chi connectivity index (χ0v) is 17.6. The summed E-state index contributed by atoms with van der Waals surface area (Å²) in [7, 11) is 0. The van der Waals surface area contributed by atoms with Crippen molar-refractivity contribution in [3.05, 3.63) is 94.7 Å². The highest BCUT2D eigenvalue weighted by Gasteiger charge is 2.19. The van der Waals surface area contributed by atoms with Gasteiger partial charge in [0.15, 0.2) is 5.82 Å². The van der Waals surface area contributed by atoms with Crippen LogP contribution in [0.25, 0.3) is 17.2 Å². The number of halogens is 1. The Hall–Kier alpha value is -4.07. The zero-order valence-electron chi connectivity index (χ0n) is 17.6. The molecule has 1 N–H and O–H groups in total. The number of nitrogens with zero attached hydrogens (tertiary/aromatic N) is 4. The van der Waals surface area contributed by atoms with Gasteiger partial charge in [-0.1, -0.05) is 48.5 Å². The Labute approximate surface area is 183 Å². The number of fused-ring (bicyclic) bond motifs is 1. The smallest absolute Gasteiger partial charge is 0.279 e. The summed E-state index contributed by atoms with van der Waals surface area (Å²) in [4.78, 5) is 30.2. The summed E-state index contributed by atoms with van der Waals surface area (Å²) < 4.78 is 16.9. The predicted octanol–water partition coefficient (Wildman–Crippen LogP) is 3.76. The van der Waals surface area contributed by atoms with E-state index in [-0.39, 0.29) is 30.0 Å². The molecule has 0 saturated heterocycles. The molecule has 0 spiro atoms. The molecular weight excluding hydrogens is 409 g/mol. The number of aromatic nitrogens is 4.